The first-order valence-corrected chi connectivity index (χ1v) is 10.7. The lowest BCUT2D eigenvalue weighted by Gasteiger charge is -2.13. The van der Waals surface area contributed by atoms with Crippen molar-refractivity contribution in [3.8, 4) is 17.0 Å². The monoisotopic (exact) mass is 448 g/mol. The number of nitrogens with zero attached hydrogens (tertiary/aromatic N) is 1. The van der Waals surface area contributed by atoms with Crippen LogP contribution in [0.3, 0.4) is 0 Å². The van der Waals surface area contributed by atoms with Crippen LogP contribution in [0.2, 0.25) is 0 Å². The summed E-state index contributed by atoms with van der Waals surface area (Å²) >= 11 is 0. The van der Waals surface area contributed by atoms with Gasteiger partial charge < -0.3 is 14.6 Å². The standard InChI is InChI=1S/C26H28N2O5/c1-3-31-25(26(29)30)17-20-9-12-23(13-10-20)32-15-16-33-28-19(2)22-11-14-24(27-18-22)21-7-5-4-6-8-21/h4-14,18,25,28H,2-3,15-17H2,1H3,(H,29,30). The number of ether oxygens (including phenoxy) is 2. The fourth-order valence-corrected chi connectivity index (χ4v) is 3.10. The molecule has 172 valence electrons. The summed E-state index contributed by atoms with van der Waals surface area (Å²) < 4.78 is 10.9. The van der Waals surface area contributed by atoms with Crippen LogP contribution in [0.5, 0.6) is 5.75 Å². The minimum absolute atomic E-state index is 0.305. The molecule has 1 heterocycles. The summed E-state index contributed by atoms with van der Waals surface area (Å²) in [5.41, 5.74) is 7.06. The number of hydrogen-bond donors (Lipinski definition) is 2. The third kappa shape index (κ3) is 7.45. The normalized spacial score (nSPS) is 11.5. The van der Waals surface area contributed by atoms with Crippen LogP contribution in [-0.2, 0) is 20.8 Å². The average Bonchev–Trinajstić information content (AvgIpc) is 2.85. The highest BCUT2D eigenvalue weighted by Crippen LogP contribution is 2.18. The molecule has 2 N–H and O–H groups in total. The Hall–Kier alpha value is -3.68. The van der Waals surface area contributed by atoms with Gasteiger partial charge in [0.1, 0.15) is 19.0 Å². The minimum atomic E-state index is -0.966. The van der Waals surface area contributed by atoms with Crippen molar-refractivity contribution in [3.05, 3.63) is 90.6 Å². The fraction of sp³-hybridized carbons (Fsp3) is 0.231. The molecule has 0 aliphatic heterocycles. The first-order valence-electron chi connectivity index (χ1n) is 10.7. The van der Waals surface area contributed by atoms with Gasteiger partial charge in [-0.25, -0.2) is 4.79 Å². The van der Waals surface area contributed by atoms with Crippen LogP contribution in [0.15, 0.2) is 79.5 Å². The lowest BCUT2D eigenvalue weighted by Crippen LogP contribution is -2.26. The third-order valence-electron chi connectivity index (χ3n) is 4.82. The molecule has 0 radical (unpaired) electrons. The van der Waals surface area contributed by atoms with Gasteiger partial charge in [0, 0.05) is 30.4 Å². The summed E-state index contributed by atoms with van der Waals surface area (Å²) in [4.78, 5) is 21.1. The summed E-state index contributed by atoms with van der Waals surface area (Å²) in [6, 6.07) is 21.1. The van der Waals surface area contributed by atoms with Crippen LogP contribution in [0.25, 0.3) is 17.0 Å². The van der Waals surface area contributed by atoms with Crippen LogP contribution < -0.4 is 10.2 Å². The van der Waals surface area contributed by atoms with Crippen LogP contribution in [0.1, 0.15) is 18.1 Å². The zero-order valence-corrected chi connectivity index (χ0v) is 18.6. The smallest absolute Gasteiger partial charge is 0.333 e. The van der Waals surface area contributed by atoms with E-state index >= 15 is 0 Å². The van der Waals surface area contributed by atoms with Gasteiger partial charge in [-0.3, -0.25) is 15.3 Å². The lowest BCUT2D eigenvalue weighted by atomic mass is 10.1. The fourth-order valence-electron chi connectivity index (χ4n) is 3.10. The number of hydrogen-bond acceptors (Lipinski definition) is 6. The van der Waals surface area contributed by atoms with Crippen molar-refractivity contribution in [2.75, 3.05) is 19.8 Å². The van der Waals surface area contributed by atoms with E-state index in [1.807, 2.05) is 54.6 Å². The quantitative estimate of drug-likeness (QED) is 0.297. The number of aromatic nitrogens is 1. The van der Waals surface area contributed by atoms with Crippen LogP contribution in [-0.4, -0.2) is 42.0 Å². The molecule has 1 atom stereocenters. The van der Waals surface area contributed by atoms with Crippen molar-refractivity contribution in [3.63, 3.8) is 0 Å². The van der Waals surface area contributed by atoms with E-state index < -0.39 is 12.1 Å². The number of pyridine rings is 1. The maximum absolute atomic E-state index is 11.2. The molecular formula is C26H28N2O5. The lowest BCUT2D eigenvalue weighted by molar-refractivity contribution is -0.149. The molecular weight excluding hydrogens is 420 g/mol. The number of benzene rings is 2. The molecule has 0 saturated carbocycles. The van der Waals surface area contributed by atoms with E-state index in [2.05, 4.69) is 17.0 Å². The van der Waals surface area contributed by atoms with Gasteiger partial charge in [-0.15, -0.1) is 0 Å². The minimum Gasteiger partial charge on any atom is -0.491 e. The SMILES string of the molecule is C=C(NOCCOc1ccc(CC(OCC)C(=O)O)cc1)c1ccc(-c2ccccc2)nc1. The number of aliphatic carboxylic acids is 1. The highest BCUT2D eigenvalue weighted by molar-refractivity contribution is 5.72. The molecule has 1 unspecified atom stereocenters. The molecule has 0 aliphatic carbocycles. The molecule has 0 amide bonds. The van der Waals surface area contributed by atoms with Gasteiger partial charge in [0.05, 0.1) is 11.4 Å². The van der Waals surface area contributed by atoms with E-state index in [-0.39, 0.29) is 0 Å². The number of hydroxylamine groups is 1. The Morgan fingerprint density at radius 2 is 1.82 bits per heavy atom. The van der Waals surface area contributed by atoms with E-state index in [1.54, 1.807) is 25.3 Å². The molecule has 0 saturated heterocycles. The first-order chi connectivity index (χ1) is 16.1. The van der Waals surface area contributed by atoms with Crippen LogP contribution in [0, 0.1) is 0 Å². The number of carbonyl (C=O) groups is 1. The Labute approximate surface area is 193 Å². The Bertz CT molecular complexity index is 1020. The van der Waals surface area contributed by atoms with Crippen molar-refractivity contribution in [2.45, 2.75) is 19.4 Å². The molecule has 0 bridgehead atoms. The van der Waals surface area contributed by atoms with Crippen molar-refractivity contribution in [1.29, 1.82) is 0 Å². The largest absolute Gasteiger partial charge is 0.491 e. The molecule has 2 aromatic carbocycles. The molecule has 7 nitrogen and oxygen atoms in total. The molecule has 3 aromatic rings. The maximum Gasteiger partial charge on any atom is 0.333 e. The predicted octanol–water partition coefficient (Wildman–Crippen LogP) is 4.35. The zero-order chi connectivity index (χ0) is 23.5. The first kappa shape index (κ1) is 24.0. The third-order valence-corrected chi connectivity index (χ3v) is 4.82. The number of carboxylic acid groups (broad SMARTS) is 1. The Balaban J connectivity index is 1.38. The second-order valence-electron chi connectivity index (χ2n) is 7.21. The van der Waals surface area contributed by atoms with Gasteiger partial charge >= 0.3 is 5.97 Å². The molecule has 7 heteroatoms. The van der Waals surface area contributed by atoms with E-state index in [9.17, 15) is 9.90 Å². The van der Waals surface area contributed by atoms with Gasteiger partial charge in [-0.1, -0.05) is 49.0 Å². The maximum atomic E-state index is 11.2. The second kappa shape index (κ2) is 12.4. The van der Waals surface area contributed by atoms with Crippen molar-refractivity contribution >= 4 is 11.7 Å². The molecule has 1 aromatic heterocycles. The van der Waals surface area contributed by atoms with Gasteiger partial charge in [-0.2, -0.15) is 0 Å². The summed E-state index contributed by atoms with van der Waals surface area (Å²) in [5, 5.41) is 9.18. The van der Waals surface area contributed by atoms with E-state index in [0.29, 0.717) is 37.7 Å². The van der Waals surface area contributed by atoms with Crippen molar-refractivity contribution < 1.29 is 24.2 Å². The topological polar surface area (TPSA) is 89.9 Å². The van der Waals surface area contributed by atoms with Crippen LogP contribution in [0.4, 0.5) is 0 Å². The molecule has 0 spiro atoms. The summed E-state index contributed by atoms with van der Waals surface area (Å²) in [5.74, 6) is -0.295. The molecule has 0 aliphatic rings. The summed E-state index contributed by atoms with van der Waals surface area (Å²) in [6.07, 6.45) is 1.21. The molecule has 3 rings (SSSR count). The van der Waals surface area contributed by atoms with Crippen LogP contribution >= 0.6 is 0 Å². The van der Waals surface area contributed by atoms with E-state index in [1.165, 1.54) is 0 Å². The number of rotatable bonds is 13. The van der Waals surface area contributed by atoms with E-state index in [4.69, 9.17) is 14.3 Å². The number of carboxylic acids is 1. The van der Waals surface area contributed by atoms with Gasteiger partial charge in [0.25, 0.3) is 0 Å². The summed E-state index contributed by atoms with van der Waals surface area (Å²) in [7, 11) is 0. The van der Waals surface area contributed by atoms with E-state index in [0.717, 1.165) is 22.4 Å². The van der Waals surface area contributed by atoms with Crippen molar-refractivity contribution in [2.24, 2.45) is 0 Å². The Morgan fingerprint density at radius 3 is 2.45 bits per heavy atom. The van der Waals surface area contributed by atoms with Gasteiger partial charge in [0.15, 0.2) is 6.10 Å². The van der Waals surface area contributed by atoms with Gasteiger partial charge in [-0.05, 0) is 36.8 Å². The highest BCUT2D eigenvalue weighted by atomic mass is 16.7. The molecule has 0 fully saturated rings. The second-order valence-corrected chi connectivity index (χ2v) is 7.21. The average molecular weight is 449 g/mol. The van der Waals surface area contributed by atoms with Gasteiger partial charge in [0.2, 0.25) is 0 Å². The van der Waals surface area contributed by atoms with Crippen molar-refractivity contribution in [1.82, 2.24) is 10.5 Å². The zero-order valence-electron chi connectivity index (χ0n) is 18.6. The number of nitrogens with one attached hydrogen (secondary N) is 1. The highest BCUT2D eigenvalue weighted by Gasteiger charge is 2.17. The molecule has 33 heavy (non-hydrogen) atoms. The Morgan fingerprint density at radius 1 is 1.06 bits per heavy atom. The summed E-state index contributed by atoms with van der Waals surface area (Å²) in [6.45, 7) is 6.75. The Kier molecular flexibility index (Phi) is 8.99. The predicted molar refractivity (Wildman–Crippen MR) is 126 cm³/mol.